The summed E-state index contributed by atoms with van der Waals surface area (Å²) in [5, 5.41) is 0. The summed E-state index contributed by atoms with van der Waals surface area (Å²) in [6, 6.07) is 9.54. The predicted molar refractivity (Wildman–Crippen MR) is 125 cm³/mol. The van der Waals surface area contributed by atoms with Crippen molar-refractivity contribution in [1.82, 2.24) is 9.80 Å². The van der Waals surface area contributed by atoms with Crippen molar-refractivity contribution in [1.29, 1.82) is 0 Å². The van der Waals surface area contributed by atoms with Gasteiger partial charge in [0, 0.05) is 51.4 Å². The van der Waals surface area contributed by atoms with Crippen LogP contribution in [0.5, 0.6) is 11.5 Å². The van der Waals surface area contributed by atoms with Gasteiger partial charge in [-0.15, -0.1) is 0 Å². The number of fused-ring (bicyclic) bond motifs is 2. The lowest BCUT2D eigenvalue weighted by molar-refractivity contribution is -0.137. The third kappa shape index (κ3) is 5.50. The molecule has 188 valence electrons. The Labute approximate surface area is 203 Å². The van der Waals surface area contributed by atoms with Crippen LogP contribution in [0.25, 0.3) is 0 Å². The molecule has 3 heterocycles. The Morgan fingerprint density at radius 1 is 0.886 bits per heavy atom. The van der Waals surface area contributed by atoms with E-state index in [1.807, 2.05) is 21.9 Å². The molecule has 2 aromatic carbocycles. The lowest BCUT2D eigenvalue weighted by Gasteiger charge is -2.36. The van der Waals surface area contributed by atoms with E-state index in [1.54, 1.807) is 6.07 Å². The molecule has 1 amide bonds. The molecular formula is C26H30F3N3O3. The number of carbonyl (C=O) groups is 1. The van der Waals surface area contributed by atoms with Crippen LogP contribution in [-0.2, 0) is 24.1 Å². The summed E-state index contributed by atoms with van der Waals surface area (Å²) in [5.41, 5.74) is 2.29. The first-order chi connectivity index (χ1) is 16.9. The van der Waals surface area contributed by atoms with Crippen LogP contribution in [0.15, 0.2) is 36.4 Å². The van der Waals surface area contributed by atoms with Crippen LogP contribution in [0, 0.1) is 0 Å². The first-order valence-electron chi connectivity index (χ1n) is 12.2. The average Bonchev–Trinajstić information content (AvgIpc) is 3.48. The van der Waals surface area contributed by atoms with Crippen LogP contribution in [-0.4, -0.2) is 55.2 Å². The quantitative estimate of drug-likeness (QED) is 0.530. The molecule has 0 bridgehead atoms. The van der Waals surface area contributed by atoms with Gasteiger partial charge in [0.25, 0.3) is 0 Å². The Morgan fingerprint density at radius 2 is 1.57 bits per heavy atom. The zero-order valence-corrected chi connectivity index (χ0v) is 19.6. The van der Waals surface area contributed by atoms with Crippen molar-refractivity contribution in [3.63, 3.8) is 0 Å². The Kier molecular flexibility index (Phi) is 6.77. The monoisotopic (exact) mass is 489 g/mol. The number of hydrogen-bond donors (Lipinski definition) is 0. The van der Waals surface area contributed by atoms with Crippen molar-refractivity contribution in [3.05, 3.63) is 53.1 Å². The average molecular weight is 490 g/mol. The molecule has 2 aromatic rings. The number of unbranched alkanes of at least 4 members (excludes halogenated alkanes) is 2. The highest BCUT2D eigenvalue weighted by atomic mass is 19.4. The maximum atomic E-state index is 13.0. The molecule has 1 saturated heterocycles. The second-order valence-corrected chi connectivity index (χ2v) is 9.41. The van der Waals surface area contributed by atoms with Crippen LogP contribution < -0.4 is 14.4 Å². The van der Waals surface area contributed by atoms with Gasteiger partial charge in [0.2, 0.25) is 12.7 Å². The zero-order chi connectivity index (χ0) is 24.4. The van der Waals surface area contributed by atoms with Gasteiger partial charge < -0.3 is 19.3 Å². The predicted octanol–water partition coefficient (Wildman–Crippen LogP) is 4.66. The number of anilines is 1. The first kappa shape index (κ1) is 23.8. The highest BCUT2D eigenvalue weighted by molar-refractivity contribution is 5.77. The van der Waals surface area contributed by atoms with E-state index in [2.05, 4.69) is 4.90 Å². The molecule has 0 atom stereocenters. The number of nitrogens with zero attached hydrogens (tertiary/aromatic N) is 3. The van der Waals surface area contributed by atoms with Crippen molar-refractivity contribution in [2.24, 2.45) is 0 Å². The minimum absolute atomic E-state index is 0.179. The maximum Gasteiger partial charge on any atom is 0.416 e. The largest absolute Gasteiger partial charge is 0.454 e. The van der Waals surface area contributed by atoms with Crippen LogP contribution >= 0.6 is 0 Å². The first-order valence-corrected chi connectivity index (χ1v) is 12.2. The minimum atomic E-state index is -4.32. The molecule has 3 aliphatic rings. The van der Waals surface area contributed by atoms with Crippen molar-refractivity contribution in [2.45, 2.75) is 44.9 Å². The number of piperazine rings is 1. The van der Waals surface area contributed by atoms with E-state index in [0.717, 1.165) is 80.7 Å². The van der Waals surface area contributed by atoms with Crippen molar-refractivity contribution < 1.29 is 27.4 Å². The molecule has 0 radical (unpaired) electrons. The number of alkyl halides is 3. The van der Waals surface area contributed by atoms with E-state index >= 15 is 0 Å². The van der Waals surface area contributed by atoms with Gasteiger partial charge in [0.1, 0.15) is 0 Å². The molecule has 5 rings (SSSR count). The van der Waals surface area contributed by atoms with E-state index in [0.29, 0.717) is 25.2 Å². The fourth-order valence-corrected chi connectivity index (χ4v) is 5.02. The molecule has 1 fully saturated rings. The number of carbonyl (C=O) groups excluding carboxylic acids is 1. The standard InChI is InChI=1S/C26H30F3N3O3/c27-26(28,29)21-5-4-6-22(15-21)31-11-9-30(10-12-31)8-3-1-2-7-25(33)32-16-19-13-23-24(35-18-34-23)14-20(19)17-32/h4-6,13-15H,1-3,7-12,16-18H2. The van der Waals surface area contributed by atoms with E-state index < -0.39 is 11.7 Å². The maximum absolute atomic E-state index is 13.0. The van der Waals surface area contributed by atoms with Crippen molar-refractivity contribution in [3.8, 4) is 11.5 Å². The van der Waals surface area contributed by atoms with E-state index in [9.17, 15) is 18.0 Å². The summed E-state index contributed by atoms with van der Waals surface area (Å²) in [4.78, 5) is 18.9. The summed E-state index contributed by atoms with van der Waals surface area (Å²) >= 11 is 0. The van der Waals surface area contributed by atoms with Crippen LogP contribution in [0.1, 0.15) is 42.4 Å². The van der Waals surface area contributed by atoms with Gasteiger partial charge in [-0.25, -0.2) is 0 Å². The molecular weight excluding hydrogens is 459 g/mol. The molecule has 0 spiro atoms. The third-order valence-corrected chi connectivity index (χ3v) is 7.05. The number of amides is 1. The van der Waals surface area contributed by atoms with Crippen molar-refractivity contribution >= 4 is 11.6 Å². The molecule has 0 N–H and O–H groups in total. The van der Waals surface area contributed by atoms with Gasteiger partial charge in [-0.3, -0.25) is 9.69 Å². The molecule has 0 saturated carbocycles. The van der Waals surface area contributed by atoms with Gasteiger partial charge in [0.05, 0.1) is 5.56 Å². The Hall–Kier alpha value is -2.94. The van der Waals surface area contributed by atoms with Crippen LogP contribution in [0.4, 0.5) is 18.9 Å². The molecule has 0 aromatic heterocycles. The summed E-state index contributed by atoms with van der Waals surface area (Å²) in [5.74, 6) is 1.69. The van der Waals surface area contributed by atoms with Gasteiger partial charge in [0.15, 0.2) is 11.5 Å². The Morgan fingerprint density at radius 3 is 2.23 bits per heavy atom. The molecule has 3 aliphatic heterocycles. The Balaban J connectivity index is 0.987. The molecule has 0 unspecified atom stereocenters. The smallest absolute Gasteiger partial charge is 0.416 e. The normalized spacial score (nSPS) is 17.7. The van der Waals surface area contributed by atoms with Crippen LogP contribution in [0.3, 0.4) is 0 Å². The topological polar surface area (TPSA) is 45.3 Å². The van der Waals surface area contributed by atoms with Crippen molar-refractivity contribution in [2.75, 3.05) is 44.4 Å². The van der Waals surface area contributed by atoms with Gasteiger partial charge >= 0.3 is 6.18 Å². The second-order valence-electron chi connectivity index (χ2n) is 9.41. The van der Waals surface area contributed by atoms with Crippen LogP contribution in [0.2, 0.25) is 0 Å². The van der Waals surface area contributed by atoms with Gasteiger partial charge in [-0.05, 0) is 60.8 Å². The fraction of sp³-hybridized carbons (Fsp3) is 0.500. The number of benzene rings is 2. The summed E-state index contributed by atoms with van der Waals surface area (Å²) < 4.78 is 49.8. The second kappa shape index (κ2) is 9.97. The number of ether oxygens (including phenoxy) is 2. The Bertz CT molecular complexity index is 1030. The lowest BCUT2D eigenvalue weighted by Crippen LogP contribution is -2.46. The SMILES string of the molecule is O=C(CCCCCN1CCN(c2cccc(C(F)(F)F)c2)CC1)N1Cc2cc3c(cc2C1)OCO3. The van der Waals surface area contributed by atoms with E-state index in [1.165, 1.54) is 12.1 Å². The fourth-order valence-electron chi connectivity index (χ4n) is 5.02. The third-order valence-electron chi connectivity index (χ3n) is 7.05. The van der Waals surface area contributed by atoms with Gasteiger partial charge in [-0.1, -0.05) is 12.5 Å². The molecule has 6 nitrogen and oxygen atoms in total. The highest BCUT2D eigenvalue weighted by Gasteiger charge is 2.31. The van der Waals surface area contributed by atoms with Gasteiger partial charge in [-0.2, -0.15) is 13.2 Å². The zero-order valence-electron chi connectivity index (χ0n) is 19.6. The van der Waals surface area contributed by atoms with E-state index in [4.69, 9.17) is 9.47 Å². The summed E-state index contributed by atoms with van der Waals surface area (Å²) in [7, 11) is 0. The van der Waals surface area contributed by atoms with E-state index in [-0.39, 0.29) is 12.7 Å². The lowest BCUT2D eigenvalue weighted by atomic mass is 10.1. The minimum Gasteiger partial charge on any atom is -0.454 e. The molecule has 9 heteroatoms. The number of hydrogen-bond acceptors (Lipinski definition) is 5. The molecule has 35 heavy (non-hydrogen) atoms. The number of halogens is 3. The highest BCUT2D eigenvalue weighted by Crippen LogP contribution is 2.38. The number of rotatable bonds is 7. The molecule has 0 aliphatic carbocycles. The summed E-state index contributed by atoms with van der Waals surface area (Å²) in [6.07, 6.45) is -0.917. The summed E-state index contributed by atoms with van der Waals surface area (Å²) in [6.45, 7) is 5.56.